The first-order chi connectivity index (χ1) is 8.24. The van der Waals surface area contributed by atoms with E-state index in [-0.39, 0.29) is 6.61 Å². The number of hydrogen-bond donors (Lipinski definition) is 3. The van der Waals surface area contributed by atoms with Gasteiger partial charge < -0.3 is 20.9 Å². The molecule has 5 nitrogen and oxygen atoms in total. The molecule has 0 saturated heterocycles. The summed E-state index contributed by atoms with van der Waals surface area (Å²) in [6, 6.07) is 7.41. The molecule has 90 valence electrons. The number of hydrogen-bond acceptors (Lipinski definition) is 5. The molecule has 0 aliphatic carbocycles. The first-order valence-electron chi connectivity index (χ1n) is 5.33. The lowest BCUT2D eigenvalue weighted by Gasteiger charge is -2.08. The largest absolute Gasteiger partial charge is 0.495 e. The maximum Gasteiger partial charge on any atom is 0.143 e. The smallest absolute Gasteiger partial charge is 0.143 e. The number of ether oxygens (including phenoxy) is 1. The lowest BCUT2D eigenvalue weighted by Crippen LogP contribution is -2.06. The summed E-state index contributed by atoms with van der Waals surface area (Å²) in [5, 5.41) is 12.7. The molecule has 0 aliphatic heterocycles. The highest BCUT2D eigenvalue weighted by molar-refractivity contribution is 5.86. The van der Waals surface area contributed by atoms with E-state index in [4.69, 9.17) is 15.6 Å². The number of anilines is 2. The van der Waals surface area contributed by atoms with Gasteiger partial charge in [0.2, 0.25) is 0 Å². The Morgan fingerprint density at radius 1 is 1.41 bits per heavy atom. The van der Waals surface area contributed by atoms with Crippen LogP contribution in [0.25, 0.3) is 10.9 Å². The van der Waals surface area contributed by atoms with E-state index in [0.717, 1.165) is 16.7 Å². The monoisotopic (exact) mass is 233 g/mol. The van der Waals surface area contributed by atoms with Gasteiger partial charge in [-0.2, -0.15) is 0 Å². The lowest BCUT2D eigenvalue weighted by molar-refractivity contribution is 0.311. The Balaban J connectivity index is 2.41. The molecule has 1 aromatic heterocycles. The van der Waals surface area contributed by atoms with Crippen molar-refractivity contribution in [3.63, 3.8) is 0 Å². The highest BCUT2D eigenvalue weighted by atomic mass is 16.5. The number of nitrogens with two attached hydrogens (primary N) is 1. The summed E-state index contributed by atoms with van der Waals surface area (Å²) in [5.74, 6) is 1.34. The van der Waals surface area contributed by atoms with Crippen LogP contribution < -0.4 is 15.8 Å². The summed E-state index contributed by atoms with van der Waals surface area (Å²) in [6.07, 6.45) is 0. The average molecular weight is 233 g/mol. The van der Waals surface area contributed by atoms with Gasteiger partial charge in [0.1, 0.15) is 11.6 Å². The number of benzene rings is 1. The number of nitrogens with zero attached hydrogens (tertiary/aromatic N) is 1. The minimum atomic E-state index is 0.0742. The van der Waals surface area contributed by atoms with E-state index in [2.05, 4.69) is 10.3 Å². The second-order valence-electron chi connectivity index (χ2n) is 3.63. The predicted molar refractivity (Wildman–Crippen MR) is 68.3 cm³/mol. The molecule has 2 rings (SSSR count). The molecule has 17 heavy (non-hydrogen) atoms. The van der Waals surface area contributed by atoms with Crippen molar-refractivity contribution in [3.05, 3.63) is 24.3 Å². The van der Waals surface area contributed by atoms with Crippen molar-refractivity contribution < 1.29 is 9.84 Å². The zero-order valence-corrected chi connectivity index (χ0v) is 9.60. The van der Waals surface area contributed by atoms with Gasteiger partial charge in [-0.1, -0.05) is 0 Å². The summed E-state index contributed by atoms with van der Waals surface area (Å²) < 4.78 is 5.15. The molecule has 2 aromatic rings. The van der Waals surface area contributed by atoms with Gasteiger partial charge in [-0.05, 0) is 18.2 Å². The number of aromatic nitrogens is 1. The molecular weight excluding hydrogens is 218 g/mol. The Kier molecular flexibility index (Phi) is 3.30. The number of methoxy groups -OCH3 is 1. The number of nitrogens with one attached hydrogen (secondary N) is 1. The number of aliphatic hydroxyl groups excluding tert-OH is 1. The highest BCUT2D eigenvalue weighted by Gasteiger charge is 2.04. The van der Waals surface area contributed by atoms with E-state index >= 15 is 0 Å². The fourth-order valence-electron chi connectivity index (χ4n) is 1.63. The third-order valence-corrected chi connectivity index (χ3v) is 2.46. The van der Waals surface area contributed by atoms with Crippen LogP contribution in [-0.4, -0.2) is 30.4 Å². The number of nitrogen functional groups attached to an aromatic ring is 1. The first kappa shape index (κ1) is 11.5. The number of aliphatic hydroxyl groups is 1. The third kappa shape index (κ3) is 2.39. The van der Waals surface area contributed by atoms with Crippen LogP contribution in [0, 0.1) is 0 Å². The van der Waals surface area contributed by atoms with Crippen molar-refractivity contribution >= 4 is 22.4 Å². The molecule has 0 radical (unpaired) electrons. The topological polar surface area (TPSA) is 80.4 Å². The van der Waals surface area contributed by atoms with Crippen LogP contribution in [-0.2, 0) is 0 Å². The van der Waals surface area contributed by atoms with Gasteiger partial charge in [-0.15, -0.1) is 0 Å². The predicted octanol–water partition coefficient (Wildman–Crippen LogP) is 1.23. The van der Waals surface area contributed by atoms with Crippen LogP contribution in [0.15, 0.2) is 24.3 Å². The molecule has 0 unspecified atom stereocenters. The van der Waals surface area contributed by atoms with Gasteiger partial charge in [0.15, 0.2) is 0 Å². The lowest BCUT2D eigenvalue weighted by atomic mass is 10.2. The Morgan fingerprint density at radius 3 is 2.94 bits per heavy atom. The number of pyridine rings is 1. The van der Waals surface area contributed by atoms with Gasteiger partial charge in [-0.25, -0.2) is 4.98 Å². The standard InChI is InChI=1S/C12H15N3O2/c1-17-11-7-10-8(6-9(11)13)2-3-12(15-10)14-4-5-16/h2-3,6-7,16H,4-5,13H2,1H3,(H,14,15). The molecule has 0 fully saturated rings. The first-order valence-corrected chi connectivity index (χ1v) is 5.33. The van der Waals surface area contributed by atoms with E-state index in [1.165, 1.54) is 0 Å². The van der Waals surface area contributed by atoms with Crippen LogP contribution in [0.5, 0.6) is 5.75 Å². The molecular formula is C12H15N3O2. The second kappa shape index (κ2) is 4.88. The molecule has 0 spiro atoms. The van der Waals surface area contributed by atoms with Crippen LogP contribution in [0.1, 0.15) is 0 Å². The third-order valence-electron chi connectivity index (χ3n) is 2.46. The van der Waals surface area contributed by atoms with Crippen LogP contribution in [0.2, 0.25) is 0 Å². The van der Waals surface area contributed by atoms with Crippen LogP contribution in [0.4, 0.5) is 11.5 Å². The van der Waals surface area contributed by atoms with Crippen LogP contribution in [0.3, 0.4) is 0 Å². The van der Waals surface area contributed by atoms with E-state index in [0.29, 0.717) is 18.0 Å². The molecule has 1 heterocycles. The summed E-state index contributed by atoms with van der Waals surface area (Å²) in [4.78, 5) is 4.40. The SMILES string of the molecule is COc1cc2nc(NCCO)ccc2cc1N. The molecule has 0 bridgehead atoms. The maximum absolute atomic E-state index is 8.73. The minimum Gasteiger partial charge on any atom is -0.495 e. The van der Waals surface area contributed by atoms with Crippen molar-refractivity contribution in [3.8, 4) is 5.75 Å². The van der Waals surface area contributed by atoms with Gasteiger partial charge in [-0.3, -0.25) is 0 Å². The van der Waals surface area contributed by atoms with Gasteiger partial charge in [0, 0.05) is 18.0 Å². The van der Waals surface area contributed by atoms with E-state index in [1.54, 1.807) is 13.2 Å². The Morgan fingerprint density at radius 2 is 2.24 bits per heavy atom. The fraction of sp³-hybridized carbons (Fsp3) is 0.250. The second-order valence-corrected chi connectivity index (χ2v) is 3.63. The quantitative estimate of drug-likeness (QED) is 0.692. The van der Waals surface area contributed by atoms with E-state index in [1.807, 2.05) is 18.2 Å². The summed E-state index contributed by atoms with van der Waals surface area (Å²) >= 11 is 0. The molecule has 0 amide bonds. The Hall–Kier alpha value is -2.01. The zero-order valence-electron chi connectivity index (χ0n) is 9.60. The van der Waals surface area contributed by atoms with Crippen molar-refractivity contribution in [2.75, 3.05) is 31.3 Å². The van der Waals surface area contributed by atoms with E-state index in [9.17, 15) is 0 Å². The van der Waals surface area contributed by atoms with E-state index < -0.39 is 0 Å². The average Bonchev–Trinajstić information content (AvgIpc) is 2.35. The molecule has 0 saturated carbocycles. The normalized spacial score (nSPS) is 10.5. The minimum absolute atomic E-state index is 0.0742. The van der Waals surface area contributed by atoms with Gasteiger partial charge >= 0.3 is 0 Å². The summed E-state index contributed by atoms with van der Waals surface area (Å²) in [6.45, 7) is 0.551. The Bertz CT molecular complexity index is 528. The molecule has 4 N–H and O–H groups in total. The summed E-state index contributed by atoms with van der Waals surface area (Å²) in [7, 11) is 1.57. The van der Waals surface area contributed by atoms with Gasteiger partial charge in [0.25, 0.3) is 0 Å². The Labute approximate surface area is 99.2 Å². The van der Waals surface area contributed by atoms with Crippen molar-refractivity contribution in [2.24, 2.45) is 0 Å². The molecule has 0 atom stereocenters. The molecule has 1 aromatic carbocycles. The maximum atomic E-state index is 8.73. The van der Waals surface area contributed by atoms with Crippen molar-refractivity contribution in [2.45, 2.75) is 0 Å². The highest BCUT2D eigenvalue weighted by Crippen LogP contribution is 2.27. The number of fused-ring (bicyclic) bond motifs is 1. The van der Waals surface area contributed by atoms with Crippen molar-refractivity contribution in [1.82, 2.24) is 4.98 Å². The summed E-state index contributed by atoms with van der Waals surface area (Å²) in [5.41, 5.74) is 7.21. The number of rotatable bonds is 4. The molecule has 5 heteroatoms. The van der Waals surface area contributed by atoms with Crippen molar-refractivity contribution in [1.29, 1.82) is 0 Å². The van der Waals surface area contributed by atoms with Gasteiger partial charge in [0.05, 0.1) is 24.9 Å². The zero-order chi connectivity index (χ0) is 12.3. The fourth-order valence-corrected chi connectivity index (χ4v) is 1.63. The molecule has 0 aliphatic rings. The van der Waals surface area contributed by atoms with Crippen LogP contribution >= 0.6 is 0 Å².